The van der Waals surface area contributed by atoms with E-state index >= 15 is 0 Å². The van der Waals surface area contributed by atoms with Gasteiger partial charge in [0.2, 0.25) is 5.91 Å². The lowest BCUT2D eigenvalue weighted by molar-refractivity contribution is -0.121. The summed E-state index contributed by atoms with van der Waals surface area (Å²) in [7, 11) is 1.63. The molecule has 0 unspecified atom stereocenters. The fourth-order valence-corrected chi connectivity index (χ4v) is 1.72. The highest BCUT2D eigenvalue weighted by atomic mass is 16.5. The Bertz CT molecular complexity index is 388. The van der Waals surface area contributed by atoms with Gasteiger partial charge in [-0.05, 0) is 37.5 Å². The molecule has 1 aromatic rings. The number of hydrogen-bond acceptors (Lipinski definition) is 2. The molecule has 94 valence electrons. The second-order valence-electron chi connectivity index (χ2n) is 4.52. The summed E-state index contributed by atoms with van der Waals surface area (Å²) in [5, 5.41) is 2.90. The quantitative estimate of drug-likeness (QED) is 0.847. The third kappa shape index (κ3) is 4.57. The van der Waals surface area contributed by atoms with E-state index < -0.39 is 0 Å². The monoisotopic (exact) mass is 235 g/mol. The molecule has 0 radical (unpaired) electrons. The van der Waals surface area contributed by atoms with Crippen molar-refractivity contribution in [3.8, 4) is 0 Å². The van der Waals surface area contributed by atoms with Crippen LogP contribution >= 0.6 is 0 Å². The molecule has 0 aromatic heterocycles. The lowest BCUT2D eigenvalue weighted by atomic mass is 10.0. The molecule has 0 aliphatic rings. The molecule has 0 bridgehead atoms. The predicted octanol–water partition coefficient (Wildman–Crippen LogP) is 2.00. The van der Waals surface area contributed by atoms with Crippen molar-refractivity contribution in [2.45, 2.75) is 33.2 Å². The number of hydrogen-bond donors (Lipinski definition) is 1. The molecule has 1 aromatic carbocycles. The van der Waals surface area contributed by atoms with E-state index in [0.717, 1.165) is 5.56 Å². The number of carbonyl (C=O) groups excluding carboxylic acids is 1. The highest BCUT2D eigenvalue weighted by Gasteiger charge is 2.08. The zero-order chi connectivity index (χ0) is 12.8. The molecule has 1 rings (SSSR count). The van der Waals surface area contributed by atoms with Crippen LogP contribution in [0.2, 0.25) is 0 Å². The van der Waals surface area contributed by atoms with Gasteiger partial charge >= 0.3 is 0 Å². The first-order chi connectivity index (χ1) is 8.02. The molecule has 3 heteroatoms. The van der Waals surface area contributed by atoms with Crippen LogP contribution in [0.15, 0.2) is 18.2 Å². The number of benzene rings is 1. The maximum atomic E-state index is 11.7. The fourth-order valence-electron chi connectivity index (χ4n) is 1.72. The van der Waals surface area contributed by atoms with Crippen LogP contribution in [0.3, 0.4) is 0 Å². The summed E-state index contributed by atoms with van der Waals surface area (Å²) in [5.74, 6) is 0.0396. The van der Waals surface area contributed by atoms with E-state index in [-0.39, 0.29) is 11.9 Å². The van der Waals surface area contributed by atoms with Crippen LogP contribution in [0, 0.1) is 13.8 Å². The second-order valence-corrected chi connectivity index (χ2v) is 4.52. The van der Waals surface area contributed by atoms with Crippen LogP contribution in [-0.2, 0) is 16.0 Å². The Balaban J connectivity index is 2.53. The molecular weight excluding hydrogens is 214 g/mol. The van der Waals surface area contributed by atoms with Gasteiger partial charge in [0.1, 0.15) is 0 Å². The number of carbonyl (C=O) groups is 1. The third-order valence-electron chi connectivity index (χ3n) is 2.76. The minimum absolute atomic E-state index is 0.0396. The van der Waals surface area contributed by atoms with Crippen molar-refractivity contribution in [3.63, 3.8) is 0 Å². The predicted molar refractivity (Wildman–Crippen MR) is 69.1 cm³/mol. The zero-order valence-corrected chi connectivity index (χ0v) is 11.0. The van der Waals surface area contributed by atoms with Gasteiger partial charge in [-0.1, -0.05) is 18.2 Å². The van der Waals surface area contributed by atoms with Gasteiger partial charge in [-0.15, -0.1) is 0 Å². The van der Waals surface area contributed by atoms with E-state index in [1.54, 1.807) is 7.11 Å². The van der Waals surface area contributed by atoms with Gasteiger partial charge < -0.3 is 10.1 Å². The standard InChI is InChI=1S/C14H21NO2/c1-10-5-6-13(7-11(10)2)8-14(16)15-12(3)9-17-4/h5-7,12H,8-9H2,1-4H3,(H,15,16)/t12-/m1/s1. The Morgan fingerprint density at radius 1 is 1.35 bits per heavy atom. The Kier molecular flexibility index (Phi) is 5.16. The highest BCUT2D eigenvalue weighted by molar-refractivity contribution is 5.78. The molecule has 1 amide bonds. The Labute approximate surface area is 103 Å². The second kappa shape index (κ2) is 6.40. The number of rotatable bonds is 5. The molecule has 3 nitrogen and oxygen atoms in total. The SMILES string of the molecule is COC[C@@H](C)NC(=O)Cc1ccc(C)c(C)c1. The number of aryl methyl sites for hydroxylation is 2. The highest BCUT2D eigenvalue weighted by Crippen LogP contribution is 2.10. The average Bonchev–Trinajstić information content (AvgIpc) is 2.23. The molecule has 0 heterocycles. The van der Waals surface area contributed by atoms with Gasteiger partial charge in [-0.2, -0.15) is 0 Å². The van der Waals surface area contributed by atoms with Crippen molar-refractivity contribution in [1.29, 1.82) is 0 Å². The third-order valence-corrected chi connectivity index (χ3v) is 2.76. The van der Waals surface area contributed by atoms with E-state index in [0.29, 0.717) is 13.0 Å². The van der Waals surface area contributed by atoms with E-state index in [2.05, 4.69) is 31.3 Å². The molecule has 0 fully saturated rings. The number of methoxy groups -OCH3 is 1. The molecule has 0 aliphatic heterocycles. The summed E-state index contributed by atoms with van der Waals surface area (Å²) in [6.07, 6.45) is 0.426. The molecular formula is C14H21NO2. The minimum Gasteiger partial charge on any atom is -0.383 e. The van der Waals surface area contributed by atoms with Gasteiger partial charge in [0.25, 0.3) is 0 Å². The zero-order valence-electron chi connectivity index (χ0n) is 11.0. The van der Waals surface area contributed by atoms with Crippen LogP contribution in [0.5, 0.6) is 0 Å². The van der Waals surface area contributed by atoms with Crippen molar-refractivity contribution in [3.05, 3.63) is 34.9 Å². The topological polar surface area (TPSA) is 38.3 Å². The maximum absolute atomic E-state index is 11.7. The van der Waals surface area contributed by atoms with Crippen LogP contribution in [0.25, 0.3) is 0 Å². The van der Waals surface area contributed by atoms with Crippen LogP contribution in [0.1, 0.15) is 23.6 Å². The normalized spacial score (nSPS) is 12.2. The molecule has 0 spiro atoms. The van der Waals surface area contributed by atoms with Crippen molar-refractivity contribution >= 4 is 5.91 Å². The van der Waals surface area contributed by atoms with Gasteiger partial charge in [0.05, 0.1) is 13.0 Å². The number of ether oxygens (including phenoxy) is 1. The lowest BCUT2D eigenvalue weighted by Crippen LogP contribution is -2.36. The molecule has 0 aliphatic carbocycles. The van der Waals surface area contributed by atoms with E-state index in [4.69, 9.17) is 4.74 Å². The van der Waals surface area contributed by atoms with Gasteiger partial charge in [-0.25, -0.2) is 0 Å². The largest absolute Gasteiger partial charge is 0.383 e. The molecule has 0 saturated heterocycles. The van der Waals surface area contributed by atoms with Crippen LogP contribution in [0.4, 0.5) is 0 Å². The van der Waals surface area contributed by atoms with Crippen LogP contribution < -0.4 is 5.32 Å². The first-order valence-corrected chi connectivity index (χ1v) is 5.87. The van der Waals surface area contributed by atoms with Crippen molar-refractivity contribution < 1.29 is 9.53 Å². The summed E-state index contributed by atoms with van der Waals surface area (Å²) < 4.78 is 4.97. The molecule has 1 N–H and O–H groups in total. The first-order valence-electron chi connectivity index (χ1n) is 5.87. The molecule has 0 saturated carbocycles. The van der Waals surface area contributed by atoms with Crippen molar-refractivity contribution in [2.24, 2.45) is 0 Å². The maximum Gasteiger partial charge on any atom is 0.224 e. The Hall–Kier alpha value is -1.35. The average molecular weight is 235 g/mol. The summed E-state index contributed by atoms with van der Waals surface area (Å²) in [5.41, 5.74) is 3.53. The Morgan fingerprint density at radius 3 is 2.65 bits per heavy atom. The summed E-state index contributed by atoms with van der Waals surface area (Å²) in [4.78, 5) is 11.7. The van der Waals surface area contributed by atoms with E-state index in [9.17, 15) is 4.79 Å². The number of amides is 1. The van der Waals surface area contributed by atoms with Gasteiger partial charge in [-0.3, -0.25) is 4.79 Å². The van der Waals surface area contributed by atoms with Crippen molar-refractivity contribution in [2.75, 3.05) is 13.7 Å². The van der Waals surface area contributed by atoms with E-state index in [1.165, 1.54) is 11.1 Å². The van der Waals surface area contributed by atoms with Crippen molar-refractivity contribution in [1.82, 2.24) is 5.32 Å². The smallest absolute Gasteiger partial charge is 0.224 e. The summed E-state index contributed by atoms with van der Waals surface area (Å²) >= 11 is 0. The molecule has 1 atom stereocenters. The first kappa shape index (κ1) is 13.7. The molecule has 17 heavy (non-hydrogen) atoms. The van der Waals surface area contributed by atoms with E-state index in [1.807, 2.05) is 13.0 Å². The lowest BCUT2D eigenvalue weighted by Gasteiger charge is -2.13. The summed E-state index contributed by atoms with van der Waals surface area (Å²) in [6.45, 7) is 6.60. The Morgan fingerprint density at radius 2 is 2.06 bits per heavy atom. The summed E-state index contributed by atoms with van der Waals surface area (Å²) in [6, 6.07) is 6.18. The fraction of sp³-hybridized carbons (Fsp3) is 0.500. The van der Waals surface area contributed by atoms with Crippen LogP contribution in [-0.4, -0.2) is 25.7 Å². The van der Waals surface area contributed by atoms with Gasteiger partial charge in [0, 0.05) is 13.2 Å². The number of nitrogens with one attached hydrogen (secondary N) is 1. The van der Waals surface area contributed by atoms with Gasteiger partial charge in [0.15, 0.2) is 0 Å². The minimum atomic E-state index is 0.0396.